The third kappa shape index (κ3) is 3.77. The van der Waals surface area contributed by atoms with Gasteiger partial charge in [0.15, 0.2) is 6.73 Å². The Labute approximate surface area is 187 Å². The maximum atomic E-state index is 13.2. The van der Waals surface area contributed by atoms with Crippen molar-refractivity contribution in [3.63, 3.8) is 0 Å². The van der Waals surface area contributed by atoms with Gasteiger partial charge < -0.3 is 19.3 Å². The highest BCUT2D eigenvalue weighted by Crippen LogP contribution is 2.34. The molecule has 2 heterocycles. The van der Waals surface area contributed by atoms with Crippen molar-refractivity contribution in [2.24, 2.45) is 5.92 Å². The number of carbonyl (C=O) groups excluding carboxylic acids is 2. The van der Waals surface area contributed by atoms with E-state index >= 15 is 0 Å². The number of likely N-dealkylation sites (tertiary alicyclic amines) is 1. The van der Waals surface area contributed by atoms with Gasteiger partial charge in [-0.05, 0) is 47.9 Å². The molecule has 5 rings (SSSR count). The predicted octanol–water partition coefficient (Wildman–Crippen LogP) is 4.22. The van der Waals surface area contributed by atoms with E-state index in [9.17, 15) is 9.59 Å². The molecule has 6 nitrogen and oxygen atoms in total. The summed E-state index contributed by atoms with van der Waals surface area (Å²) in [7, 11) is 1.40. The Hall–Kier alpha value is -3.54. The minimum absolute atomic E-state index is 0.0516. The fourth-order valence-corrected chi connectivity index (χ4v) is 4.70. The molecule has 2 aliphatic heterocycles. The Morgan fingerprint density at radius 2 is 1.94 bits per heavy atom. The van der Waals surface area contributed by atoms with Crippen molar-refractivity contribution in [1.29, 1.82) is 0 Å². The Bertz CT molecular complexity index is 1180. The lowest BCUT2D eigenvalue weighted by atomic mass is 9.97. The number of hydrogen-bond acceptors (Lipinski definition) is 5. The lowest BCUT2D eigenvalue weighted by Gasteiger charge is -2.33. The molecule has 0 aromatic heterocycles. The monoisotopic (exact) mass is 430 g/mol. The van der Waals surface area contributed by atoms with Crippen molar-refractivity contribution in [2.45, 2.75) is 19.4 Å². The van der Waals surface area contributed by atoms with Gasteiger partial charge in [0.05, 0.1) is 19.6 Å². The van der Waals surface area contributed by atoms with Gasteiger partial charge in [0.25, 0.3) is 5.91 Å². The van der Waals surface area contributed by atoms with Crippen LogP contribution in [-0.2, 0) is 16.1 Å². The second kappa shape index (κ2) is 8.54. The van der Waals surface area contributed by atoms with Gasteiger partial charge in [-0.2, -0.15) is 0 Å². The number of esters is 1. The van der Waals surface area contributed by atoms with Crippen LogP contribution < -0.4 is 9.64 Å². The van der Waals surface area contributed by atoms with E-state index in [1.807, 2.05) is 42.5 Å². The Balaban J connectivity index is 1.37. The lowest BCUT2D eigenvalue weighted by Crippen LogP contribution is -2.42. The summed E-state index contributed by atoms with van der Waals surface area (Å²) in [5.41, 5.74) is 2.72. The number of rotatable bonds is 3. The van der Waals surface area contributed by atoms with Crippen LogP contribution in [0.3, 0.4) is 0 Å². The second-order valence-electron chi connectivity index (χ2n) is 8.40. The molecule has 2 aliphatic rings. The average Bonchev–Trinajstić information content (AvgIpc) is 2.87. The third-order valence-electron chi connectivity index (χ3n) is 6.42. The molecule has 0 N–H and O–H groups in total. The van der Waals surface area contributed by atoms with Crippen LogP contribution in [0.15, 0.2) is 60.7 Å². The molecule has 1 atom stereocenters. The summed E-state index contributed by atoms with van der Waals surface area (Å²) >= 11 is 0. The van der Waals surface area contributed by atoms with Crippen molar-refractivity contribution < 1.29 is 19.1 Å². The van der Waals surface area contributed by atoms with Gasteiger partial charge in [-0.25, -0.2) is 0 Å². The molecule has 1 saturated heterocycles. The molecule has 1 amide bonds. The quantitative estimate of drug-likeness (QED) is 0.583. The van der Waals surface area contributed by atoms with Gasteiger partial charge in [0, 0.05) is 29.9 Å². The number of benzene rings is 3. The number of hydrogen-bond donors (Lipinski definition) is 0. The van der Waals surface area contributed by atoms with E-state index in [0.29, 0.717) is 31.9 Å². The van der Waals surface area contributed by atoms with Gasteiger partial charge in [0.1, 0.15) is 5.75 Å². The molecule has 0 aliphatic carbocycles. The number of ether oxygens (including phenoxy) is 2. The highest BCUT2D eigenvalue weighted by Gasteiger charge is 2.30. The predicted molar refractivity (Wildman–Crippen MR) is 123 cm³/mol. The van der Waals surface area contributed by atoms with Gasteiger partial charge >= 0.3 is 5.97 Å². The van der Waals surface area contributed by atoms with Crippen LogP contribution in [0.25, 0.3) is 10.8 Å². The van der Waals surface area contributed by atoms with Gasteiger partial charge in [-0.15, -0.1) is 0 Å². The van der Waals surface area contributed by atoms with Gasteiger partial charge in [0.2, 0.25) is 0 Å². The molecule has 0 spiro atoms. The largest absolute Gasteiger partial charge is 0.473 e. The van der Waals surface area contributed by atoms with Crippen molar-refractivity contribution in [3.05, 3.63) is 71.8 Å². The van der Waals surface area contributed by atoms with E-state index in [-0.39, 0.29) is 17.8 Å². The Morgan fingerprint density at radius 1 is 1.06 bits per heavy atom. The van der Waals surface area contributed by atoms with Crippen molar-refractivity contribution in [1.82, 2.24) is 4.90 Å². The topological polar surface area (TPSA) is 59.1 Å². The summed E-state index contributed by atoms with van der Waals surface area (Å²) in [4.78, 5) is 29.0. The molecule has 1 unspecified atom stereocenters. The number of piperidine rings is 1. The van der Waals surface area contributed by atoms with E-state index in [0.717, 1.165) is 29.8 Å². The van der Waals surface area contributed by atoms with Crippen LogP contribution in [0, 0.1) is 5.92 Å². The molecule has 0 radical (unpaired) electrons. The normalized spacial score (nSPS) is 18.1. The molecule has 1 fully saturated rings. The van der Waals surface area contributed by atoms with Crippen LogP contribution >= 0.6 is 0 Å². The highest BCUT2D eigenvalue weighted by atomic mass is 16.5. The van der Waals surface area contributed by atoms with E-state index in [4.69, 9.17) is 9.47 Å². The first-order chi connectivity index (χ1) is 15.6. The van der Waals surface area contributed by atoms with Gasteiger partial charge in [-0.3, -0.25) is 9.59 Å². The SMILES string of the molecule is COC(=O)C1CCCN(C(=O)c2cccc(N3COc4ccc5ccccc5c4C3)c2)C1. The van der Waals surface area contributed by atoms with Crippen LogP contribution in [-0.4, -0.2) is 43.7 Å². The van der Waals surface area contributed by atoms with Crippen LogP contribution in [0.2, 0.25) is 0 Å². The van der Waals surface area contributed by atoms with Crippen LogP contribution in [0.4, 0.5) is 5.69 Å². The fourth-order valence-electron chi connectivity index (χ4n) is 4.70. The molecule has 0 saturated carbocycles. The van der Waals surface area contributed by atoms with Crippen LogP contribution in [0.1, 0.15) is 28.8 Å². The minimum atomic E-state index is -0.249. The summed E-state index contributed by atoms with van der Waals surface area (Å²) in [6.07, 6.45) is 1.56. The first-order valence-electron chi connectivity index (χ1n) is 11.0. The maximum Gasteiger partial charge on any atom is 0.310 e. The Morgan fingerprint density at radius 3 is 2.81 bits per heavy atom. The Kier molecular flexibility index (Phi) is 5.43. The molecule has 0 bridgehead atoms. The molecular formula is C26H26N2O4. The van der Waals surface area contributed by atoms with E-state index in [2.05, 4.69) is 23.1 Å². The smallest absolute Gasteiger partial charge is 0.310 e. The number of anilines is 1. The van der Waals surface area contributed by atoms with Crippen molar-refractivity contribution in [2.75, 3.05) is 31.8 Å². The first-order valence-corrected chi connectivity index (χ1v) is 11.0. The van der Waals surface area contributed by atoms with Crippen molar-refractivity contribution >= 4 is 28.3 Å². The first kappa shape index (κ1) is 20.4. The van der Waals surface area contributed by atoms with E-state index in [1.165, 1.54) is 17.9 Å². The summed E-state index contributed by atoms with van der Waals surface area (Å²) in [6.45, 7) is 2.20. The number of fused-ring (bicyclic) bond motifs is 3. The molecule has 32 heavy (non-hydrogen) atoms. The number of methoxy groups -OCH3 is 1. The summed E-state index contributed by atoms with van der Waals surface area (Å²) < 4.78 is 10.9. The zero-order chi connectivity index (χ0) is 22.1. The van der Waals surface area contributed by atoms with E-state index < -0.39 is 0 Å². The maximum absolute atomic E-state index is 13.2. The van der Waals surface area contributed by atoms with Gasteiger partial charge in [-0.1, -0.05) is 36.4 Å². The van der Waals surface area contributed by atoms with Crippen LogP contribution in [0.5, 0.6) is 5.75 Å². The number of carbonyl (C=O) groups is 2. The summed E-state index contributed by atoms with van der Waals surface area (Å²) in [5.74, 6) is 0.368. The fraction of sp³-hybridized carbons (Fsp3) is 0.308. The molecule has 3 aromatic rings. The lowest BCUT2D eigenvalue weighted by molar-refractivity contribution is -0.146. The zero-order valence-corrected chi connectivity index (χ0v) is 18.1. The minimum Gasteiger partial charge on any atom is -0.473 e. The second-order valence-corrected chi connectivity index (χ2v) is 8.40. The molecule has 3 aromatic carbocycles. The zero-order valence-electron chi connectivity index (χ0n) is 18.1. The number of nitrogens with zero attached hydrogens (tertiary/aromatic N) is 2. The standard InChI is InChI=1S/C26H26N2O4/c1-31-26(30)20-8-5-13-27(15-20)25(29)19-7-4-9-21(14-19)28-16-23-22-10-3-2-6-18(22)11-12-24(23)32-17-28/h2-4,6-7,9-12,14,20H,5,8,13,15-17H2,1H3. The highest BCUT2D eigenvalue weighted by molar-refractivity contribution is 5.95. The average molecular weight is 431 g/mol. The number of amides is 1. The third-order valence-corrected chi connectivity index (χ3v) is 6.42. The molecule has 6 heteroatoms. The molecule has 164 valence electrons. The summed E-state index contributed by atoms with van der Waals surface area (Å²) in [5, 5.41) is 2.37. The summed E-state index contributed by atoms with van der Waals surface area (Å²) in [6, 6.07) is 20.1. The molecular weight excluding hydrogens is 404 g/mol. The van der Waals surface area contributed by atoms with Crippen molar-refractivity contribution in [3.8, 4) is 5.75 Å². The van der Waals surface area contributed by atoms with E-state index in [1.54, 1.807) is 4.90 Å².